The number of nitrogens with zero attached hydrogens (tertiary/aromatic N) is 3. The molecule has 3 aromatic rings. The van der Waals surface area contributed by atoms with Crippen LogP contribution in [0.5, 0.6) is 0 Å². The Morgan fingerprint density at radius 3 is 2.82 bits per heavy atom. The number of nitrogens with one attached hydrogen (secondary N) is 1. The molecule has 0 aliphatic heterocycles. The zero-order chi connectivity index (χ0) is 20.1. The smallest absolute Gasteiger partial charge is 0.304 e. The van der Waals surface area contributed by atoms with Crippen LogP contribution in [-0.2, 0) is 10.5 Å². The molecule has 28 heavy (non-hydrogen) atoms. The molecule has 0 bridgehead atoms. The first-order chi connectivity index (χ1) is 13.4. The molecular weight excluding hydrogens is 376 g/mol. The number of carboxylic acids is 1. The number of carbonyl (C=O) groups excluding carboxylic acids is 1. The summed E-state index contributed by atoms with van der Waals surface area (Å²) in [5.41, 5.74) is 2.95. The van der Waals surface area contributed by atoms with Crippen LogP contribution in [0.1, 0.15) is 42.2 Å². The number of carbonyl (C=O) groups is 2. The van der Waals surface area contributed by atoms with Crippen LogP contribution in [0.2, 0.25) is 0 Å². The van der Waals surface area contributed by atoms with Crippen molar-refractivity contribution in [1.82, 2.24) is 14.8 Å². The summed E-state index contributed by atoms with van der Waals surface area (Å²) in [5, 5.41) is 16.7. The lowest BCUT2D eigenvalue weighted by Gasteiger charge is -2.08. The van der Waals surface area contributed by atoms with Gasteiger partial charge in [-0.25, -0.2) is 9.67 Å². The maximum absolute atomic E-state index is 12.6. The molecule has 0 radical (unpaired) electrons. The highest BCUT2D eigenvalue weighted by Gasteiger charge is 2.12. The second kappa shape index (κ2) is 8.88. The van der Waals surface area contributed by atoms with E-state index < -0.39 is 5.97 Å². The van der Waals surface area contributed by atoms with Gasteiger partial charge in [0.05, 0.1) is 18.2 Å². The highest BCUT2D eigenvalue weighted by atomic mass is 32.2. The van der Waals surface area contributed by atoms with Crippen molar-refractivity contribution in [2.24, 2.45) is 0 Å². The number of rotatable bonds is 8. The number of aromatic nitrogens is 3. The zero-order valence-electron chi connectivity index (χ0n) is 15.8. The molecule has 0 unspecified atom stereocenters. The van der Waals surface area contributed by atoms with Crippen molar-refractivity contribution in [2.45, 2.75) is 32.1 Å². The van der Waals surface area contributed by atoms with Gasteiger partial charge in [0, 0.05) is 34.8 Å². The Bertz CT molecular complexity index is 1000. The van der Waals surface area contributed by atoms with Gasteiger partial charge in [-0.15, -0.1) is 0 Å². The number of hydrogen-bond acceptors (Lipinski definition) is 5. The largest absolute Gasteiger partial charge is 0.481 e. The summed E-state index contributed by atoms with van der Waals surface area (Å²) in [4.78, 5) is 27.6. The van der Waals surface area contributed by atoms with Crippen molar-refractivity contribution < 1.29 is 14.7 Å². The minimum Gasteiger partial charge on any atom is -0.481 e. The zero-order valence-corrected chi connectivity index (χ0v) is 16.6. The minimum absolute atomic E-state index is 0.143. The molecule has 0 fully saturated rings. The first kappa shape index (κ1) is 19.9. The number of benzene rings is 1. The lowest BCUT2D eigenvalue weighted by Crippen LogP contribution is -2.12. The molecule has 0 atom stereocenters. The fourth-order valence-electron chi connectivity index (χ4n) is 2.73. The number of fused-ring (bicyclic) bond motifs is 1. The molecular formula is C20H22N4O3S. The summed E-state index contributed by atoms with van der Waals surface area (Å²) < 4.78 is 1.82. The molecule has 0 saturated carbocycles. The summed E-state index contributed by atoms with van der Waals surface area (Å²) in [6.07, 6.45) is 3.42. The second-order valence-electron chi connectivity index (χ2n) is 6.67. The quantitative estimate of drug-likeness (QED) is 0.557. The van der Waals surface area contributed by atoms with Gasteiger partial charge < -0.3 is 10.4 Å². The normalized spacial score (nSPS) is 11.1. The molecule has 0 saturated heterocycles. The van der Waals surface area contributed by atoms with Crippen molar-refractivity contribution in [3.8, 4) is 0 Å². The predicted molar refractivity (Wildman–Crippen MR) is 111 cm³/mol. The molecule has 1 aromatic carbocycles. The van der Waals surface area contributed by atoms with Crippen LogP contribution >= 0.6 is 11.8 Å². The minimum atomic E-state index is -0.793. The van der Waals surface area contributed by atoms with Crippen LogP contribution in [0.15, 0.2) is 42.7 Å². The molecule has 2 aromatic heterocycles. The van der Waals surface area contributed by atoms with E-state index >= 15 is 0 Å². The average molecular weight is 398 g/mol. The molecule has 8 heteroatoms. The lowest BCUT2D eigenvalue weighted by molar-refractivity contribution is -0.136. The molecule has 146 valence electrons. The van der Waals surface area contributed by atoms with E-state index in [0.29, 0.717) is 22.8 Å². The summed E-state index contributed by atoms with van der Waals surface area (Å²) in [7, 11) is 0. The standard InChI is InChI=1S/C20H22N4O3S/c1-13(2)24-19-15(11-22-24)9-16(10-21-19)20(27)23-17-5-3-4-14(8-17)12-28-7-6-18(25)26/h3-5,8-11,13H,6-7,12H2,1-2H3,(H,23,27)(H,25,26). The van der Waals surface area contributed by atoms with Crippen LogP contribution in [0.25, 0.3) is 11.0 Å². The summed E-state index contributed by atoms with van der Waals surface area (Å²) in [6, 6.07) is 9.53. The van der Waals surface area contributed by atoms with Gasteiger partial charge >= 0.3 is 5.97 Å². The van der Waals surface area contributed by atoms with Crippen molar-refractivity contribution in [2.75, 3.05) is 11.1 Å². The van der Waals surface area contributed by atoms with Gasteiger partial charge in [-0.2, -0.15) is 16.9 Å². The first-order valence-corrected chi connectivity index (χ1v) is 10.1. The highest BCUT2D eigenvalue weighted by molar-refractivity contribution is 7.98. The topological polar surface area (TPSA) is 97.1 Å². The van der Waals surface area contributed by atoms with Gasteiger partial charge in [0.15, 0.2) is 5.65 Å². The monoisotopic (exact) mass is 398 g/mol. The van der Waals surface area contributed by atoms with Gasteiger partial charge in [0.25, 0.3) is 5.91 Å². The molecule has 0 aliphatic carbocycles. The lowest BCUT2D eigenvalue weighted by atomic mass is 10.2. The number of amides is 1. The Kier molecular flexibility index (Phi) is 6.30. The fourth-order valence-corrected chi connectivity index (χ4v) is 3.61. The van der Waals surface area contributed by atoms with E-state index in [4.69, 9.17) is 5.11 Å². The summed E-state index contributed by atoms with van der Waals surface area (Å²) >= 11 is 1.55. The molecule has 0 spiro atoms. The van der Waals surface area contributed by atoms with E-state index in [2.05, 4.69) is 15.4 Å². The third-order valence-electron chi connectivity index (χ3n) is 4.10. The number of thioether (sulfide) groups is 1. The van der Waals surface area contributed by atoms with E-state index in [0.717, 1.165) is 16.6 Å². The Morgan fingerprint density at radius 1 is 1.25 bits per heavy atom. The Hall–Kier alpha value is -2.87. The van der Waals surface area contributed by atoms with E-state index in [1.54, 1.807) is 30.2 Å². The molecule has 2 N–H and O–H groups in total. The third kappa shape index (κ3) is 4.89. The Balaban J connectivity index is 1.66. The van der Waals surface area contributed by atoms with E-state index in [1.807, 2.05) is 42.8 Å². The van der Waals surface area contributed by atoms with Crippen LogP contribution in [0, 0.1) is 0 Å². The van der Waals surface area contributed by atoms with E-state index in [-0.39, 0.29) is 18.4 Å². The summed E-state index contributed by atoms with van der Waals surface area (Å²) in [5.74, 6) is 0.223. The molecule has 7 nitrogen and oxygen atoms in total. The van der Waals surface area contributed by atoms with Crippen molar-refractivity contribution in [3.05, 3.63) is 53.9 Å². The van der Waals surface area contributed by atoms with Crippen molar-refractivity contribution in [3.63, 3.8) is 0 Å². The Labute approximate surface area is 167 Å². The maximum Gasteiger partial charge on any atom is 0.304 e. The number of hydrogen-bond donors (Lipinski definition) is 2. The van der Waals surface area contributed by atoms with E-state index in [9.17, 15) is 9.59 Å². The fraction of sp³-hybridized carbons (Fsp3) is 0.300. The van der Waals surface area contributed by atoms with Crippen molar-refractivity contribution >= 4 is 40.4 Å². The first-order valence-electron chi connectivity index (χ1n) is 8.97. The second-order valence-corrected chi connectivity index (χ2v) is 7.78. The van der Waals surface area contributed by atoms with Crippen LogP contribution < -0.4 is 5.32 Å². The molecule has 1 amide bonds. The number of anilines is 1. The number of carboxylic acid groups (broad SMARTS) is 1. The van der Waals surface area contributed by atoms with Crippen LogP contribution in [0.3, 0.4) is 0 Å². The predicted octanol–water partition coefficient (Wildman–Crippen LogP) is 3.97. The molecule has 2 heterocycles. The number of pyridine rings is 1. The third-order valence-corrected chi connectivity index (χ3v) is 5.13. The van der Waals surface area contributed by atoms with Gasteiger partial charge in [-0.05, 0) is 37.6 Å². The van der Waals surface area contributed by atoms with Gasteiger partial charge in [0.2, 0.25) is 0 Å². The van der Waals surface area contributed by atoms with Crippen molar-refractivity contribution in [1.29, 1.82) is 0 Å². The van der Waals surface area contributed by atoms with E-state index in [1.165, 1.54) is 0 Å². The van der Waals surface area contributed by atoms with Crippen LogP contribution in [-0.4, -0.2) is 37.5 Å². The van der Waals surface area contributed by atoms with Gasteiger partial charge in [0.1, 0.15) is 0 Å². The number of aliphatic carboxylic acids is 1. The summed E-state index contributed by atoms with van der Waals surface area (Å²) in [6.45, 7) is 4.06. The Morgan fingerprint density at radius 2 is 2.07 bits per heavy atom. The molecule has 3 rings (SSSR count). The highest BCUT2D eigenvalue weighted by Crippen LogP contribution is 2.20. The SMILES string of the molecule is CC(C)n1ncc2cc(C(=O)Nc3cccc(CSCCC(=O)O)c3)cnc21. The maximum atomic E-state index is 12.6. The van der Waals surface area contributed by atoms with Crippen LogP contribution in [0.4, 0.5) is 5.69 Å². The van der Waals surface area contributed by atoms with Gasteiger partial charge in [-0.1, -0.05) is 12.1 Å². The van der Waals surface area contributed by atoms with Gasteiger partial charge in [-0.3, -0.25) is 9.59 Å². The average Bonchev–Trinajstić information content (AvgIpc) is 3.09. The molecule has 0 aliphatic rings.